The molecule has 4 rings (SSSR count). The minimum atomic E-state index is -0.753. The lowest BCUT2D eigenvalue weighted by Gasteiger charge is -2.47. The number of likely N-dealkylation sites (tertiary alicyclic amines) is 3. The Bertz CT molecular complexity index is 836. The molecule has 8 heteroatoms. The number of carbonyl (C=O) groups is 2. The molecule has 1 aromatic rings. The van der Waals surface area contributed by atoms with Crippen LogP contribution in [0.15, 0.2) is 18.2 Å². The van der Waals surface area contributed by atoms with Crippen LogP contribution < -0.4 is 0 Å². The van der Waals surface area contributed by atoms with Crippen LogP contribution in [0.1, 0.15) is 36.5 Å². The van der Waals surface area contributed by atoms with E-state index in [1.54, 1.807) is 12.0 Å². The van der Waals surface area contributed by atoms with E-state index in [4.69, 9.17) is 4.74 Å². The van der Waals surface area contributed by atoms with Crippen LogP contribution in [0.5, 0.6) is 0 Å². The maximum atomic E-state index is 13.6. The molecule has 0 bridgehead atoms. The molecule has 0 unspecified atom stereocenters. The third-order valence-electron chi connectivity index (χ3n) is 7.65. The molecule has 1 aromatic carbocycles. The average molecular weight is 436 g/mol. The zero-order valence-electron chi connectivity index (χ0n) is 18.3. The number of hydrogen-bond acceptors (Lipinski definition) is 4. The summed E-state index contributed by atoms with van der Waals surface area (Å²) >= 11 is 0. The number of rotatable bonds is 5. The van der Waals surface area contributed by atoms with E-state index in [-0.39, 0.29) is 22.8 Å². The molecular weight excluding hydrogens is 404 g/mol. The van der Waals surface area contributed by atoms with Crippen molar-refractivity contribution in [1.29, 1.82) is 0 Å². The fourth-order valence-electron chi connectivity index (χ4n) is 5.97. The highest BCUT2D eigenvalue weighted by Crippen LogP contribution is 2.57. The van der Waals surface area contributed by atoms with Gasteiger partial charge in [-0.25, -0.2) is 8.78 Å². The molecule has 1 atom stereocenters. The molecule has 2 spiro atoms. The van der Waals surface area contributed by atoms with Gasteiger partial charge in [0.05, 0.1) is 12.0 Å². The second kappa shape index (κ2) is 8.47. The monoisotopic (exact) mass is 435 g/mol. The first kappa shape index (κ1) is 22.1. The molecule has 2 amide bonds. The van der Waals surface area contributed by atoms with E-state index in [9.17, 15) is 18.4 Å². The van der Waals surface area contributed by atoms with Crippen molar-refractivity contribution in [3.05, 3.63) is 35.4 Å². The smallest absolute Gasteiger partial charge is 0.254 e. The van der Waals surface area contributed by atoms with E-state index in [1.807, 2.05) is 11.8 Å². The van der Waals surface area contributed by atoms with Gasteiger partial charge < -0.3 is 14.5 Å². The van der Waals surface area contributed by atoms with Crippen molar-refractivity contribution in [2.75, 3.05) is 59.5 Å². The number of benzene rings is 1. The summed E-state index contributed by atoms with van der Waals surface area (Å²) in [6.45, 7) is 7.42. The highest BCUT2D eigenvalue weighted by Gasteiger charge is 2.64. The number of nitrogens with zero attached hydrogens (tertiary/aromatic N) is 3. The van der Waals surface area contributed by atoms with E-state index in [0.29, 0.717) is 39.1 Å². The first-order chi connectivity index (χ1) is 14.8. The van der Waals surface area contributed by atoms with Crippen molar-refractivity contribution in [2.45, 2.75) is 26.2 Å². The summed E-state index contributed by atoms with van der Waals surface area (Å²) in [5.74, 6) is -1.63. The quantitative estimate of drug-likeness (QED) is 0.713. The van der Waals surface area contributed by atoms with E-state index < -0.39 is 17.0 Å². The number of hydrogen-bond donors (Lipinski definition) is 0. The fraction of sp³-hybridized carbons (Fsp3) is 0.652. The lowest BCUT2D eigenvalue weighted by Crippen LogP contribution is -2.53. The fourth-order valence-corrected chi connectivity index (χ4v) is 5.97. The molecule has 170 valence electrons. The zero-order chi connectivity index (χ0) is 22.2. The molecule has 0 saturated carbocycles. The Morgan fingerprint density at radius 3 is 2.32 bits per heavy atom. The highest BCUT2D eigenvalue weighted by atomic mass is 19.1. The van der Waals surface area contributed by atoms with Crippen molar-refractivity contribution in [3.8, 4) is 0 Å². The molecule has 3 heterocycles. The maximum Gasteiger partial charge on any atom is 0.254 e. The number of methoxy groups -OCH3 is 1. The number of halogens is 2. The normalized spacial score (nSPS) is 25.9. The van der Waals surface area contributed by atoms with Crippen molar-refractivity contribution in [2.24, 2.45) is 10.8 Å². The van der Waals surface area contributed by atoms with Crippen molar-refractivity contribution >= 4 is 11.8 Å². The molecule has 3 saturated heterocycles. The van der Waals surface area contributed by atoms with Crippen LogP contribution in [0, 0.1) is 22.5 Å². The van der Waals surface area contributed by atoms with Gasteiger partial charge >= 0.3 is 0 Å². The van der Waals surface area contributed by atoms with E-state index in [2.05, 4.69) is 4.90 Å². The van der Waals surface area contributed by atoms with Gasteiger partial charge in [-0.1, -0.05) is 0 Å². The van der Waals surface area contributed by atoms with E-state index in [1.165, 1.54) is 0 Å². The Labute approximate surface area is 182 Å². The van der Waals surface area contributed by atoms with Crippen LogP contribution in [-0.4, -0.2) is 86.0 Å². The molecule has 31 heavy (non-hydrogen) atoms. The van der Waals surface area contributed by atoms with Crippen molar-refractivity contribution < 1.29 is 23.1 Å². The molecular formula is C23H31F2N3O3. The van der Waals surface area contributed by atoms with E-state index in [0.717, 1.165) is 50.8 Å². The zero-order valence-corrected chi connectivity index (χ0v) is 18.3. The van der Waals surface area contributed by atoms with Gasteiger partial charge in [0, 0.05) is 70.0 Å². The topological polar surface area (TPSA) is 53.1 Å². The van der Waals surface area contributed by atoms with Crippen molar-refractivity contribution in [3.63, 3.8) is 0 Å². The minimum Gasteiger partial charge on any atom is -0.383 e. The first-order valence-electron chi connectivity index (χ1n) is 11.1. The summed E-state index contributed by atoms with van der Waals surface area (Å²) in [4.78, 5) is 32.3. The van der Waals surface area contributed by atoms with Gasteiger partial charge in [0.15, 0.2) is 0 Å². The summed E-state index contributed by atoms with van der Waals surface area (Å²) in [7, 11) is 1.68. The Morgan fingerprint density at radius 1 is 1.06 bits per heavy atom. The van der Waals surface area contributed by atoms with Gasteiger partial charge in [-0.3, -0.25) is 14.5 Å². The number of piperidine rings is 1. The SMILES string of the molecule is CCN1CC[C@]2(CN(CCOC)CC23CCN(C(=O)c2cc(F)cc(F)c2)CC3)C1=O. The highest BCUT2D eigenvalue weighted by molar-refractivity contribution is 5.94. The summed E-state index contributed by atoms with van der Waals surface area (Å²) in [5.41, 5.74) is -0.576. The number of fused-ring (bicyclic) bond motifs is 1. The van der Waals surface area contributed by atoms with Gasteiger partial charge in [0.2, 0.25) is 5.91 Å². The summed E-state index contributed by atoms with van der Waals surface area (Å²) in [6, 6.07) is 2.93. The second-order valence-electron chi connectivity index (χ2n) is 9.15. The van der Waals surface area contributed by atoms with Gasteiger partial charge in [-0.05, 0) is 38.3 Å². The molecule has 0 N–H and O–H groups in total. The molecule has 3 fully saturated rings. The van der Waals surface area contributed by atoms with Crippen LogP contribution in [0.2, 0.25) is 0 Å². The lowest BCUT2D eigenvalue weighted by atomic mass is 9.60. The van der Waals surface area contributed by atoms with Crippen LogP contribution >= 0.6 is 0 Å². The summed E-state index contributed by atoms with van der Waals surface area (Å²) in [6.07, 6.45) is 2.26. The van der Waals surface area contributed by atoms with Gasteiger partial charge in [0.25, 0.3) is 5.91 Å². The third-order valence-corrected chi connectivity index (χ3v) is 7.65. The second-order valence-corrected chi connectivity index (χ2v) is 9.15. The molecule has 3 aliphatic heterocycles. The van der Waals surface area contributed by atoms with Crippen LogP contribution in [0.3, 0.4) is 0 Å². The Balaban J connectivity index is 1.54. The molecule has 3 aliphatic rings. The first-order valence-corrected chi connectivity index (χ1v) is 11.1. The van der Waals surface area contributed by atoms with Crippen LogP contribution in [0.4, 0.5) is 8.78 Å². The number of amides is 2. The van der Waals surface area contributed by atoms with Crippen LogP contribution in [0.25, 0.3) is 0 Å². The molecule has 6 nitrogen and oxygen atoms in total. The largest absolute Gasteiger partial charge is 0.383 e. The Morgan fingerprint density at radius 2 is 1.74 bits per heavy atom. The molecule has 0 aromatic heterocycles. The van der Waals surface area contributed by atoms with Gasteiger partial charge in [-0.2, -0.15) is 0 Å². The maximum absolute atomic E-state index is 13.6. The van der Waals surface area contributed by atoms with Gasteiger partial charge in [-0.15, -0.1) is 0 Å². The van der Waals surface area contributed by atoms with Crippen molar-refractivity contribution in [1.82, 2.24) is 14.7 Å². The standard InChI is InChI=1S/C23H31F2N3O3/c1-3-27-9-6-23(21(27)30)16-26(10-11-31-2)15-22(23)4-7-28(8-5-22)20(29)17-12-18(24)14-19(25)13-17/h12-14H,3-11,15-16H2,1-2H3/t23-/m0/s1. The predicted molar refractivity (Wildman–Crippen MR) is 112 cm³/mol. The molecule has 0 radical (unpaired) electrons. The van der Waals surface area contributed by atoms with Gasteiger partial charge in [0.1, 0.15) is 11.6 Å². The lowest BCUT2D eigenvalue weighted by molar-refractivity contribution is -0.141. The predicted octanol–water partition coefficient (Wildman–Crippen LogP) is 2.39. The summed E-state index contributed by atoms with van der Waals surface area (Å²) < 4.78 is 32.4. The molecule has 0 aliphatic carbocycles. The number of ether oxygens (including phenoxy) is 1. The number of carbonyl (C=O) groups excluding carboxylic acids is 2. The minimum absolute atomic E-state index is 0.0328. The summed E-state index contributed by atoms with van der Waals surface area (Å²) in [5, 5.41) is 0. The van der Waals surface area contributed by atoms with E-state index >= 15 is 0 Å². The van der Waals surface area contributed by atoms with Crippen LogP contribution in [-0.2, 0) is 9.53 Å². The average Bonchev–Trinajstić information content (AvgIpc) is 3.23. The Kier molecular flexibility index (Phi) is 6.05. The Hall–Kier alpha value is -2.06. The third kappa shape index (κ3) is 3.74.